The summed E-state index contributed by atoms with van der Waals surface area (Å²) in [7, 11) is 1.63. The normalized spacial score (nSPS) is 13.3. The number of amides is 1. The molecule has 0 saturated heterocycles. The van der Waals surface area contributed by atoms with Crippen LogP contribution in [0.1, 0.15) is 25.5 Å². The van der Waals surface area contributed by atoms with Gasteiger partial charge in [0.15, 0.2) is 0 Å². The van der Waals surface area contributed by atoms with Crippen molar-refractivity contribution in [3.8, 4) is 5.75 Å². The Morgan fingerprint density at radius 2 is 2.17 bits per heavy atom. The van der Waals surface area contributed by atoms with E-state index in [1.54, 1.807) is 13.3 Å². The molecule has 0 aliphatic rings. The Kier molecular flexibility index (Phi) is 6.17. The van der Waals surface area contributed by atoms with Crippen LogP contribution in [0.2, 0.25) is 0 Å². The summed E-state index contributed by atoms with van der Waals surface area (Å²) < 4.78 is 7.05. The molecule has 2 atom stereocenters. The number of hydrogen-bond acceptors (Lipinski definition) is 4. The zero-order chi connectivity index (χ0) is 16.7. The molecule has 0 radical (unpaired) electrons. The Morgan fingerprint density at radius 3 is 2.87 bits per heavy atom. The van der Waals surface area contributed by atoms with Gasteiger partial charge in [-0.1, -0.05) is 12.1 Å². The molecule has 23 heavy (non-hydrogen) atoms. The summed E-state index contributed by atoms with van der Waals surface area (Å²) >= 11 is 0. The van der Waals surface area contributed by atoms with E-state index in [9.17, 15) is 4.79 Å². The minimum absolute atomic E-state index is 0.0349. The summed E-state index contributed by atoms with van der Waals surface area (Å²) in [6.45, 7) is 4.87. The number of nitrogens with one attached hydrogen (secondary N) is 2. The van der Waals surface area contributed by atoms with Crippen molar-refractivity contribution in [1.29, 1.82) is 0 Å². The van der Waals surface area contributed by atoms with Crippen molar-refractivity contribution in [2.75, 3.05) is 13.7 Å². The number of aromatic nitrogens is 2. The fourth-order valence-electron chi connectivity index (χ4n) is 2.22. The van der Waals surface area contributed by atoms with E-state index in [0.717, 1.165) is 11.3 Å². The van der Waals surface area contributed by atoms with Gasteiger partial charge in [0.25, 0.3) is 0 Å². The molecule has 0 aliphatic carbocycles. The average Bonchev–Trinajstić information content (AvgIpc) is 3.11. The largest absolute Gasteiger partial charge is 0.497 e. The van der Waals surface area contributed by atoms with Gasteiger partial charge in [0.1, 0.15) is 5.75 Å². The van der Waals surface area contributed by atoms with E-state index in [1.807, 2.05) is 48.1 Å². The van der Waals surface area contributed by atoms with Crippen molar-refractivity contribution >= 4 is 5.91 Å². The maximum Gasteiger partial charge on any atom is 0.234 e. The molecular formula is C17H24N4O2. The van der Waals surface area contributed by atoms with Gasteiger partial charge in [-0.15, -0.1) is 0 Å². The summed E-state index contributed by atoms with van der Waals surface area (Å²) in [5.74, 6) is 0.754. The van der Waals surface area contributed by atoms with Gasteiger partial charge in [-0.05, 0) is 37.6 Å². The van der Waals surface area contributed by atoms with Crippen LogP contribution in [0, 0.1) is 0 Å². The highest BCUT2D eigenvalue weighted by Gasteiger charge is 2.14. The molecular weight excluding hydrogens is 292 g/mol. The van der Waals surface area contributed by atoms with Crippen LogP contribution in [-0.4, -0.2) is 35.4 Å². The second-order valence-corrected chi connectivity index (χ2v) is 5.52. The smallest absolute Gasteiger partial charge is 0.234 e. The summed E-state index contributed by atoms with van der Waals surface area (Å²) in [4.78, 5) is 12.0. The molecule has 0 aliphatic heterocycles. The second-order valence-electron chi connectivity index (χ2n) is 5.52. The highest BCUT2D eigenvalue weighted by Crippen LogP contribution is 2.12. The molecule has 2 aromatic rings. The predicted octanol–water partition coefficient (Wildman–Crippen LogP) is 1.75. The lowest BCUT2D eigenvalue weighted by Gasteiger charge is -2.21. The first kappa shape index (κ1) is 17.0. The summed E-state index contributed by atoms with van der Waals surface area (Å²) in [5, 5.41) is 10.4. The first-order chi connectivity index (χ1) is 11.1. The van der Waals surface area contributed by atoms with Crippen molar-refractivity contribution in [3.05, 3.63) is 48.3 Å². The van der Waals surface area contributed by atoms with E-state index in [0.29, 0.717) is 6.54 Å². The molecule has 1 amide bonds. The van der Waals surface area contributed by atoms with E-state index < -0.39 is 0 Å². The lowest BCUT2D eigenvalue weighted by Crippen LogP contribution is -2.41. The van der Waals surface area contributed by atoms with Crippen LogP contribution >= 0.6 is 0 Å². The molecule has 0 spiro atoms. The van der Waals surface area contributed by atoms with Gasteiger partial charge >= 0.3 is 0 Å². The number of benzene rings is 1. The van der Waals surface area contributed by atoms with Crippen molar-refractivity contribution < 1.29 is 9.53 Å². The standard InChI is InChI=1S/C17H24N4O2/c1-13(14(2)21-9-5-8-20-21)18-12-17(22)19-11-15-6-4-7-16(10-15)23-3/h4-10,13-14,18H,11-12H2,1-3H3,(H,19,22)/t13-,14+/m1/s1. The summed E-state index contributed by atoms with van der Waals surface area (Å²) in [5.41, 5.74) is 1.01. The van der Waals surface area contributed by atoms with E-state index in [1.165, 1.54) is 0 Å². The number of methoxy groups -OCH3 is 1. The van der Waals surface area contributed by atoms with Crippen LogP contribution in [-0.2, 0) is 11.3 Å². The van der Waals surface area contributed by atoms with Gasteiger partial charge in [0.2, 0.25) is 5.91 Å². The lowest BCUT2D eigenvalue weighted by molar-refractivity contribution is -0.120. The van der Waals surface area contributed by atoms with Crippen LogP contribution in [0.5, 0.6) is 5.75 Å². The highest BCUT2D eigenvalue weighted by molar-refractivity contribution is 5.78. The van der Waals surface area contributed by atoms with Crippen molar-refractivity contribution in [3.63, 3.8) is 0 Å². The molecule has 1 aromatic heterocycles. The third kappa shape index (κ3) is 5.10. The van der Waals surface area contributed by atoms with Gasteiger partial charge in [-0.2, -0.15) is 5.10 Å². The van der Waals surface area contributed by atoms with Crippen LogP contribution in [0.3, 0.4) is 0 Å². The van der Waals surface area contributed by atoms with Gasteiger partial charge in [-0.25, -0.2) is 0 Å². The molecule has 1 aromatic carbocycles. The second kappa shape index (κ2) is 8.33. The number of ether oxygens (including phenoxy) is 1. The molecule has 124 valence electrons. The minimum Gasteiger partial charge on any atom is -0.497 e. The van der Waals surface area contributed by atoms with E-state index >= 15 is 0 Å². The molecule has 0 bridgehead atoms. The Morgan fingerprint density at radius 1 is 1.35 bits per heavy atom. The van der Waals surface area contributed by atoms with Crippen molar-refractivity contribution in [1.82, 2.24) is 20.4 Å². The van der Waals surface area contributed by atoms with Crippen LogP contribution < -0.4 is 15.4 Å². The van der Waals surface area contributed by atoms with Gasteiger partial charge in [-0.3, -0.25) is 9.48 Å². The van der Waals surface area contributed by atoms with Crippen LogP contribution in [0.25, 0.3) is 0 Å². The minimum atomic E-state index is -0.0349. The fraction of sp³-hybridized carbons (Fsp3) is 0.412. The SMILES string of the molecule is COc1cccc(CNC(=O)CN[C@H](C)[C@H](C)n2cccn2)c1. The van der Waals surface area contributed by atoms with Gasteiger partial charge in [0, 0.05) is 25.0 Å². The molecule has 2 N–H and O–H groups in total. The number of rotatable bonds is 8. The Hall–Kier alpha value is -2.34. The Balaban J connectivity index is 1.74. The number of carbonyl (C=O) groups excluding carboxylic acids is 1. The molecule has 0 unspecified atom stereocenters. The van der Waals surface area contributed by atoms with Gasteiger partial charge < -0.3 is 15.4 Å². The fourth-order valence-corrected chi connectivity index (χ4v) is 2.22. The van der Waals surface area contributed by atoms with Crippen LogP contribution in [0.4, 0.5) is 0 Å². The van der Waals surface area contributed by atoms with E-state index in [-0.39, 0.29) is 24.5 Å². The van der Waals surface area contributed by atoms with Crippen molar-refractivity contribution in [2.45, 2.75) is 32.5 Å². The molecule has 1 heterocycles. The number of hydrogen-bond donors (Lipinski definition) is 2. The quantitative estimate of drug-likeness (QED) is 0.778. The monoisotopic (exact) mass is 316 g/mol. The molecule has 0 saturated carbocycles. The maximum atomic E-state index is 12.0. The van der Waals surface area contributed by atoms with Crippen molar-refractivity contribution in [2.24, 2.45) is 0 Å². The third-order valence-corrected chi connectivity index (χ3v) is 3.87. The predicted molar refractivity (Wildman–Crippen MR) is 89.2 cm³/mol. The number of carbonyl (C=O) groups is 1. The molecule has 6 nitrogen and oxygen atoms in total. The Bertz CT molecular complexity index is 613. The lowest BCUT2D eigenvalue weighted by atomic mass is 10.2. The first-order valence-corrected chi connectivity index (χ1v) is 7.72. The van der Waals surface area contributed by atoms with Gasteiger partial charge in [0.05, 0.1) is 19.7 Å². The van der Waals surface area contributed by atoms with E-state index in [2.05, 4.69) is 22.7 Å². The average molecular weight is 316 g/mol. The summed E-state index contributed by atoms with van der Waals surface area (Å²) in [6, 6.07) is 9.87. The number of nitrogens with zero attached hydrogens (tertiary/aromatic N) is 2. The van der Waals surface area contributed by atoms with E-state index in [4.69, 9.17) is 4.74 Å². The topological polar surface area (TPSA) is 68.2 Å². The summed E-state index contributed by atoms with van der Waals surface area (Å²) in [6.07, 6.45) is 3.68. The third-order valence-electron chi connectivity index (χ3n) is 3.87. The highest BCUT2D eigenvalue weighted by atomic mass is 16.5. The zero-order valence-corrected chi connectivity index (χ0v) is 13.8. The maximum absolute atomic E-state index is 12.0. The zero-order valence-electron chi connectivity index (χ0n) is 13.8. The molecule has 0 fully saturated rings. The molecule has 6 heteroatoms. The first-order valence-electron chi connectivity index (χ1n) is 7.72. The Labute approximate surface area is 136 Å². The van der Waals surface area contributed by atoms with Crippen LogP contribution in [0.15, 0.2) is 42.7 Å². The molecule has 2 rings (SSSR count).